The minimum atomic E-state index is 0. The van der Waals surface area contributed by atoms with Crippen LogP contribution in [0.4, 0.5) is 0 Å². The van der Waals surface area contributed by atoms with E-state index in [2.05, 4.69) is 53.5 Å². The van der Waals surface area contributed by atoms with Crippen molar-refractivity contribution in [1.29, 1.82) is 0 Å². The summed E-state index contributed by atoms with van der Waals surface area (Å²) in [5, 5.41) is 15.8. The molecule has 0 bridgehead atoms. The van der Waals surface area contributed by atoms with Crippen LogP contribution in [0.15, 0.2) is 4.99 Å². The lowest BCUT2D eigenvalue weighted by molar-refractivity contribution is 0.634. The van der Waals surface area contributed by atoms with Crippen LogP contribution in [-0.4, -0.2) is 38.6 Å². The van der Waals surface area contributed by atoms with Crippen molar-refractivity contribution in [2.45, 2.75) is 53.6 Å². The van der Waals surface area contributed by atoms with Gasteiger partial charge in [0.25, 0.3) is 0 Å². The largest absolute Gasteiger partial charge is 0.354 e. The summed E-state index contributed by atoms with van der Waals surface area (Å²) in [7, 11) is 5.76. The van der Waals surface area contributed by atoms with Gasteiger partial charge in [0, 0.05) is 50.7 Å². The van der Waals surface area contributed by atoms with E-state index in [1.54, 1.807) is 7.05 Å². The third-order valence-corrected chi connectivity index (χ3v) is 4.87. The zero-order chi connectivity index (χ0) is 18.7. The predicted octanol–water partition coefficient (Wildman–Crippen LogP) is 2.30. The second-order valence-electron chi connectivity index (χ2n) is 6.72. The lowest BCUT2D eigenvalue weighted by atomic mass is 10.1. The van der Waals surface area contributed by atoms with Gasteiger partial charge in [-0.05, 0) is 46.6 Å². The molecule has 0 radical (unpaired) electrons. The van der Waals surface area contributed by atoms with E-state index in [0.717, 1.165) is 23.8 Å². The van der Waals surface area contributed by atoms with Crippen molar-refractivity contribution >= 4 is 29.9 Å². The monoisotopic (exact) mass is 473 g/mol. The highest BCUT2D eigenvalue weighted by Gasteiger charge is 2.15. The first-order valence-corrected chi connectivity index (χ1v) is 8.69. The second kappa shape index (κ2) is 9.38. The zero-order valence-electron chi connectivity index (χ0n) is 17.1. The molecule has 0 aliphatic carbocycles. The Morgan fingerprint density at radius 3 is 1.92 bits per heavy atom. The molecular formula is C18H32IN7. The van der Waals surface area contributed by atoms with Gasteiger partial charge in [-0.25, -0.2) is 0 Å². The maximum absolute atomic E-state index is 4.49. The molecule has 0 saturated carbocycles. The van der Waals surface area contributed by atoms with Gasteiger partial charge in [-0.2, -0.15) is 10.2 Å². The van der Waals surface area contributed by atoms with Gasteiger partial charge in [-0.3, -0.25) is 14.4 Å². The van der Waals surface area contributed by atoms with E-state index in [-0.39, 0.29) is 30.0 Å². The number of hydrogen-bond donors (Lipinski definition) is 2. The normalized spacial score (nSPS) is 12.7. The molecule has 7 nitrogen and oxygen atoms in total. The maximum atomic E-state index is 4.49. The average molecular weight is 473 g/mol. The molecular weight excluding hydrogens is 441 g/mol. The van der Waals surface area contributed by atoms with Gasteiger partial charge in [-0.1, -0.05) is 0 Å². The van der Waals surface area contributed by atoms with E-state index in [1.165, 1.54) is 22.5 Å². The fourth-order valence-electron chi connectivity index (χ4n) is 3.14. The first kappa shape index (κ1) is 22.5. The number of halogens is 1. The Kier molecular flexibility index (Phi) is 8.11. The predicted molar refractivity (Wildman–Crippen MR) is 117 cm³/mol. The molecule has 1 atom stereocenters. The van der Waals surface area contributed by atoms with Crippen LogP contribution in [0, 0.1) is 27.7 Å². The van der Waals surface area contributed by atoms with Crippen LogP contribution in [0.5, 0.6) is 0 Å². The van der Waals surface area contributed by atoms with E-state index in [0.29, 0.717) is 6.54 Å². The molecule has 2 N–H and O–H groups in total. The minimum absolute atomic E-state index is 0. The Bertz CT molecular complexity index is 773. The lowest BCUT2D eigenvalue weighted by Crippen LogP contribution is -2.43. The highest BCUT2D eigenvalue weighted by Crippen LogP contribution is 2.14. The van der Waals surface area contributed by atoms with Gasteiger partial charge in [-0.15, -0.1) is 24.0 Å². The molecule has 0 spiro atoms. The summed E-state index contributed by atoms with van der Waals surface area (Å²) in [6.45, 7) is 11.2. The van der Waals surface area contributed by atoms with Gasteiger partial charge in [0.1, 0.15) is 0 Å². The Morgan fingerprint density at radius 1 is 1.00 bits per heavy atom. The molecule has 0 aliphatic rings. The molecule has 1 unspecified atom stereocenters. The molecule has 2 heterocycles. The topological polar surface area (TPSA) is 72.1 Å². The number of guanidine groups is 1. The third-order valence-electron chi connectivity index (χ3n) is 4.87. The van der Waals surface area contributed by atoms with Crippen molar-refractivity contribution in [3.8, 4) is 0 Å². The van der Waals surface area contributed by atoms with Gasteiger partial charge in [0.15, 0.2) is 5.96 Å². The van der Waals surface area contributed by atoms with Crippen molar-refractivity contribution in [3.05, 3.63) is 33.9 Å². The Balaban J connectivity index is 0.00000338. The lowest BCUT2D eigenvalue weighted by Gasteiger charge is -2.18. The van der Waals surface area contributed by atoms with Gasteiger partial charge in [0.2, 0.25) is 0 Å². The van der Waals surface area contributed by atoms with Crippen molar-refractivity contribution < 1.29 is 0 Å². The first-order chi connectivity index (χ1) is 11.7. The summed E-state index contributed by atoms with van der Waals surface area (Å²) < 4.78 is 3.86. The molecule has 146 valence electrons. The quantitative estimate of drug-likeness (QED) is 0.397. The van der Waals surface area contributed by atoms with Crippen molar-refractivity contribution in [2.24, 2.45) is 19.1 Å². The standard InChI is InChI=1S/C18H31N7.HI/c1-11(9-16-12(2)22-24(7)14(16)4)21-18(19-6)20-10-17-13(3)23-25(8)15(17)5;/h11H,9-10H2,1-8H3,(H2,19,20,21);1H. The van der Waals surface area contributed by atoms with E-state index in [4.69, 9.17) is 0 Å². The van der Waals surface area contributed by atoms with Crippen LogP contribution in [0.2, 0.25) is 0 Å². The molecule has 0 aromatic carbocycles. The van der Waals surface area contributed by atoms with E-state index in [1.807, 2.05) is 30.4 Å². The molecule has 0 amide bonds. The van der Waals surface area contributed by atoms with Gasteiger partial charge in [0.05, 0.1) is 11.4 Å². The molecule has 0 fully saturated rings. The summed E-state index contributed by atoms with van der Waals surface area (Å²) in [5.41, 5.74) is 7.07. The van der Waals surface area contributed by atoms with Crippen LogP contribution in [-0.2, 0) is 27.1 Å². The summed E-state index contributed by atoms with van der Waals surface area (Å²) in [6, 6.07) is 0.254. The Hall–Kier alpha value is -1.58. The van der Waals surface area contributed by atoms with Gasteiger partial charge >= 0.3 is 0 Å². The highest BCUT2D eigenvalue weighted by molar-refractivity contribution is 14.0. The smallest absolute Gasteiger partial charge is 0.191 e. The van der Waals surface area contributed by atoms with Crippen LogP contribution in [0.1, 0.15) is 40.8 Å². The molecule has 26 heavy (non-hydrogen) atoms. The molecule has 2 aromatic rings. The fraction of sp³-hybridized carbons (Fsp3) is 0.611. The second-order valence-corrected chi connectivity index (χ2v) is 6.72. The van der Waals surface area contributed by atoms with Crippen molar-refractivity contribution in [1.82, 2.24) is 30.2 Å². The summed E-state index contributed by atoms with van der Waals surface area (Å²) in [5.74, 6) is 0.800. The number of hydrogen-bond acceptors (Lipinski definition) is 3. The number of nitrogens with one attached hydrogen (secondary N) is 2. The fourth-order valence-corrected chi connectivity index (χ4v) is 3.14. The van der Waals surface area contributed by atoms with Crippen LogP contribution >= 0.6 is 24.0 Å². The maximum Gasteiger partial charge on any atom is 0.191 e. The number of aromatic nitrogens is 4. The molecule has 2 rings (SSSR count). The number of aliphatic imine (C=N–C) groups is 1. The van der Waals surface area contributed by atoms with Crippen molar-refractivity contribution in [3.63, 3.8) is 0 Å². The number of aryl methyl sites for hydroxylation is 4. The highest BCUT2D eigenvalue weighted by atomic mass is 127. The van der Waals surface area contributed by atoms with E-state index < -0.39 is 0 Å². The number of rotatable bonds is 5. The summed E-state index contributed by atoms with van der Waals surface area (Å²) in [6.07, 6.45) is 0.914. The first-order valence-electron chi connectivity index (χ1n) is 8.69. The Labute approximate surface area is 173 Å². The van der Waals surface area contributed by atoms with E-state index in [9.17, 15) is 0 Å². The molecule has 0 aliphatic heterocycles. The van der Waals surface area contributed by atoms with Crippen LogP contribution in [0.3, 0.4) is 0 Å². The van der Waals surface area contributed by atoms with Crippen molar-refractivity contribution in [2.75, 3.05) is 7.05 Å². The van der Waals surface area contributed by atoms with Crippen LogP contribution < -0.4 is 10.6 Å². The zero-order valence-corrected chi connectivity index (χ0v) is 19.5. The molecule has 8 heteroatoms. The van der Waals surface area contributed by atoms with E-state index >= 15 is 0 Å². The number of nitrogens with zero attached hydrogens (tertiary/aromatic N) is 5. The van der Waals surface area contributed by atoms with Crippen LogP contribution in [0.25, 0.3) is 0 Å². The molecule has 2 aromatic heterocycles. The summed E-state index contributed by atoms with van der Waals surface area (Å²) >= 11 is 0. The third kappa shape index (κ3) is 4.99. The minimum Gasteiger partial charge on any atom is -0.354 e. The summed E-state index contributed by atoms with van der Waals surface area (Å²) in [4.78, 5) is 4.35. The average Bonchev–Trinajstić information content (AvgIpc) is 2.93. The SMILES string of the molecule is CN=C(NCc1c(C)nn(C)c1C)NC(C)Cc1c(C)nn(C)c1C.I. The van der Waals surface area contributed by atoms with Gasteiger partial charge < -0.3 is 10.6 Å². The Morgan fingerprint density at radius 2 is 1.50 bits per heavy atom. The molecule has 0 saturated heterocycles.